The Kier molecular flexibility index (Phi) is 10.1. The number of aryl methyl sites for hydroxylation is 1. The van der Waals surface area contributed by atoms with Crippen LogP contribution in [-0.4, -0.2) is 58.2 Å². The lowest BCUT2D eigenvalue weighted by molar-refractivity contribution is -0.991. The van der Waals surface area contributed by atoms with E-state index in [1.165, 1.54) is 12.5 Å². The van der Waals surface area contributed by atoms with Crippen LogP contribution in [0.15, 0.2) is 83.8 Å². The summed E-state index contributed by atoms with van der Waals surface area (Å²) in [5.41, 5.74) is 3.38. The van der Waals surface area contributed by atoms with Gasteiger partial charge in [0.1, 0.15) is 19.1 Å². The lowest BCUT2D eigenvalue weighted by atomic mass is 9.90. The Bertz CT molecular complexity index is 1390. The predicted octanol–water partition coefficient (Wildman–Crippen LogP) is 4.85. The molecule has 3 aromatic rings. The molecule has 4 rings (SSSR count). The van der Waals surface area contributed by atoms with E-state index in [2.05, 4.69) is 35.4 Å². The lowest BCUT2D eigenvalue weighted by Crippen LogP contribution is -2.68. The first-order valence-corrected chi connectivity index (χ1v) is 15.3. The Morgan fingerprint density at radius 3 is 1.92 bits per heavy atom. The Morgan fingerprint density at radius 2 is 1.45 bits per heavy atom. The van der Waals surface area contributed by atoms with Crippen molar-refractivity contribution in [2.45, 2.75) is 37.8 Å². The summed E-state index contributed by atoms with van der Waals surface area (Å²) in [6.07, 6.45) is -0.343. The maximum absolute atomic E-state index is 12.7. The first-order valence-electron chi connectivity index (χ1n) is 12.2. The zero-order valence-corrected chi connectivity index (χ0v) is 23.9. The van der Waals surface area contributed by atoms with Crippen LogP contribution in [0.1, 0.15) is 36.6 Å². The quantitative estimate of drug-likeness (QED) is 0.154. The fourth-order valence-corrected chi connectivity index (χ4v) is 6.13. The molecule has 8 nitrogen and oxygen atoms in total. The highest BCUT2D eigenvalue weighted by atomic mass is 35.5. The fourth-order valence-electron chi connectivity index (χ4n) is 4.66. The van der Waals surface area contributed by atoms with E-state index in [4.69, 9.17) is 15.8 Å². The molecule has 0 aliphatic carbocycles. The van der Waals surface area contributed by atoms with Gasteiger partial charge in [0.05, 0.1) is 18.0 Å². The van der Waals surface area contributed by atoms with Crippen molar-refractivity contribution in [3.05, 3.63) is 101 Å². The summed E-state index contributed by atoms with van der Waals surface area (Å²) in [7, 11) is -8.21. The van der Waals surface area contributed by atoms with Crippen molar-refractivity contribution >= 4 is 32.1 Å². The van der Waals surface area contributed by atoms with Gasteiger partial charge in [0.15, 0.2) is 6.10 Å². The van der Waals surface area contributed by atoms with E-state index in [1.54, 1.807) is 24.3 Å². The number of hydrogen-bond donors (Lipinski definition) is 0. The van der Waals surface area contributed by atoms with Crippen LogP contribution in [0.25, 0.3) is 0 Å². The summed E-state index contributed by atoms with van der Waals surface area (Å²) < 4.78 is 63.9. The molecule has 206 valence electrons. The first-order chi connectivity index (χ1) is 17.9. The molecular formula is C27H32ClNO7S2. The van der Waals surface area contributed by atoms with Gasteiger partial charge in [0, 0.05) is 16.1 Å². The highest BCUT2D eigenvalue weighted by molar-refractivity contribution is 7.86. The molecule has 1 aliphatic rings. The van der Waals surface area contributed by atoms with Crippen LogP contribution < -0.4 is 0 Å². The molecule has 0 radical (unpaired) electrons. The SMILES string of the molecule is CCOS(=O)(=O)[O-].CC[N+]1(C(c2ccccc2)c2ccc(Cl)cc2)CC(OS(=O)(=O)c2ccc(C)cc2)C1. The van der Waals surface area contributed by atoms with Gasteiger partial charge in [0.2, 0.25) is 10.4 Å². The van der Waals surface area contributed by atoms with Crippen molar-refractivity contribution in [3.63, 3.8) is 0 Å². The fraction of sp³-hybridized carbons (Fsp3) is 0.333. The number of likely N-dealkylation sites (tertiary alicyclic amines) is 1. The number of nitrogens with zero attached hydrogens (tertiary/aromatic N) is 1. The van der Waals surface area contributed by atoms with Gasteiger partial charge in [-0.2, -0.15) is 8.42 Å². The van der Waals surface area contributed by atoms with E-state index < -0.39 is 20.5 Å². The molecule has 0 aromatic heterocycles. The summed E-state index contributed by atoms with van der Waals surface area (Å²) in [5.74, 6) is 0. The third-order valence-corrected chi connectivity index (χ3v) is 8.60. The minimum atomic E-state index is -4.42. The molecule has 0 saturated carbocycles. The molecule has 1 saturated heterocycles. The van der Waals surface area contributed by atoms with Crippen LogP contribution in [0.3, 0.4) is 0 Å². The molecule has 0 bridgehead atoms. The Labute approximate surface area is 230 Å². The van der Waals surface area contributed by atoms with Crippen LogP contribution in [0.5, 0.6) is 0 Å². The van der Waals surface area contributed by atoms with E-state index in [0.29, 0.717) is 18.1 Å². The Morgan fingerprint density at radius 1 is 0.895 bits per heavy atom. The van der Waals surface area contributed by atoms with Crippen molar-refractivity contribution in [3.8, 4) is 0 Å². The molecule has 11 heteroatoms. The van der Waals surface area contributed by atoms with Gasteiger partial charge in [-0.05, 0) is 45.0 Å². The van der Waals surface area contributed by atoms with E-state index >= 15 is 0 Å². The zero-order chi connectivity index (χ0) is 28.0. The standard InChI is InChI=1S/C25H27ClNO3S.C2H6O4S/c1-3-27(17-23(18-27)30-31(28,29)24-15-9-19(2)10-16-24)25(20-7-5-4-6-8-20)21-11-13-22(26)14-12-21;1-2-6-7(3,4)5/h4-16,23,25H,3,17-18H2,1-2H3;2H2,1H3,(H,3,4,5)/q+1;/p-1. The van der Waals surface area contributed by atoms with Gasteiger partial charge >= 0.3 is 0 Å². The second kappa shape index (κ2) is 12.7. The number of rotatable bonds is 9. The molecule has 3 aromatic carbocycles. The average Bonchev–Trinajstić information content (AvgIpc) is 2.84. The van der Waals surface area contributed by atoms with Crippen LogP contribution >= 0.6 is 11.6 Å². The number of likely N-dealkylation sites (N-methyl/N-ethyl adjacent to an activating group) is 1. The van der Waals surface area contributed by atoms with Crippen LogP contribution in [0, 0.1) is 6.92 Å². The summed E-state index contributed by atoms with van der Waals surface area (Å²) in [6, 6.07) is 25.2. The first kappa shape index (κ1) is 30.2. The Hall–Kier alpha value is -2.31. The van der Waals surface area contributed by atoms with Crippen LogP contribution in [0.4, 0.5) is 0 Å². The van der Waals surface area contributed by atoms with Gasteiger partial charge in [-0.15, -0.1) is 0 Å². The Balaban J connectivity index is 0.000000505. The van der Waals surface area contributed by atoms with Crippen molar-refractivity contribution in [2.24, 2.45) is 0 Å². The van der Waals surface area contributed by atoms with Crippen molar-refractivity contribution in [2.75, 3.05) is 26.2 Å². The minimum absolute atomic E-state index is 0.0883. The van der Waals surface area contributed by atoms with Crippen LogP contribution in [-0.2, 0) is 28.9 Å². The van der Waals surface area contributed by atoms with Gasteiger partial charge in [-0.25, -0.2) is 8.42 Å². The highest BCUT2D eigenvalue weighted by Crippen LogP contribution is 2.41. The summed E-state index contributed by atoms with van der Waals surface area (Å²) in [4.78, 5) is 0.205. The average molecular weight is 582 g/mol. The highest BCUT2D eigenvalue weighted by Gasteiger charge is 2.51. The molecule has 0 spiro atoms. The lowest BCUT2D eigenvalue weighted by Gasteiger charge is -2.53. The smallest absolute Gasteiger partial charge is 0.297 e. The van der Waals surface area contributed by atoms with Crippen molar-refractivity contribution in [1.82, 2.24) is 0 Å². The van der Waals surface area contributed by atoms with Gasteiger partial charge < -0.3 is 9.04 Å². The van der Waals surface area contributed by atoms with Crippen molar-refractivity contribution in [1.29, 1.82) is 0 Å². The number of benzene rings is 3. The molecule has 0 N–H and O–H groups in total. The molecular weight excluding hydrogens is 550 g/mol. The van der Waals surface area contributed by atoms with Gasteiger partial charge in [-0.3, -0.25) is 8.37 Å². The van der Waals surface area contributed by atoms with Crippen LogP contribution in [0.2, 0.25) is 5.02 Å². The monoisotopic (exact) mass is 581 g/mol. The predicted molar refractivity (Wildman–Crippen MR) is 145 cm³/mol. The van der Waals surface area contributed by atoms with Crippen molar-refractivity contribution < 1.29 is 34.2 Å². The summed E-state index contributed by atoms with van der Waals surface area (Å²) in [5, 5.41) is 0.702. The van der Waals surface area contributed by atoms with E-state index in [0.717, 1.165) is 22.2 Å². The minimum Gasteiger partial charge on any atom is -0.726 e. The molecule has 1 fully saturated rings. The van der Waals surface area contributed by atoms with Gasteiger partial charge in [0.25, 0.3) is 10.1 Å². The zero-order valence-electron chi connectivity index (χ0n) is 21.5. The number of quaternary nitrogens is 1. The van der Waals surface area contributed by atoms with Gasteiger partial charge in [-0.1, -0.05) is 71.8 Å². The largest absolute Gasteiger partial charge is 0.726 e. The topological polar surface area (TPSA) is 110 Å². The van der Waals surface area contributed by atoms with E-state index in [1.807, 2.05) is 37.3 Å². The third kappa shape index (κ3) is 7.86. The summed E-state index contributed by atoms with van der Waals surface area (Å²) in [6.45, 7) is 7.54. The maximum atomic E-state index is 12.7. The van der Waals surface area contributed by atoms with E-state index in [-0.39, 0.29) is 23.6 Å². The molecule has 1 aliphatic heterocycles. The second-order valence-corrected chi connectivity index (χ2v) is 12.1. The maximum Gasteiger partial charge on any atom is 0.297 e. The molecule has 1 unspecified atom stereocenters. The number of hydrogen-bond acceptors (Lipinski definition) is 7. The normalized spacial score (nSPS) is 20.1. The molecule has 1 atom stereocenters. The molecule has 0 amide bonds. The molecule has 38 heavy (non-hydrogen) atoms. The third-order valence-electron chi connectivity index (χ3n) is 6.45. The second-order valence-electron chi connectivity index (χ2n) is 9.06. The summed E-state index contributed by atoms with van der Waals surface area (Å²) >= 11 is 6.13. The number of halogens is 1. The molecule has 1 heterocycles. The van der Waals surface area contributed by atoms with E-state index in [9.17, 15) is 21.4 Å².